The summed E-state index contributed by atoms with van der Waals surface area (Å²) in [6.45, 7) is 1.76. The summed E-state index contributed by atoms with van der Waals surface area (Å²) in [6.07, 6.45) is -2.96. The maximum atomic E-state index is 12.3. The van der Waals surface area contributed by atoms with Gasteiger partial charge in [-0.05, 0) is 19.1 Å². The van der Waals surface area contributed by atoms with Crippen LogP contribution in [0.1, 0.15) is 23.7 Å². The third-order valence-electron chi connectivity index (χ3n) is 1.98. The van der Waals surface area contributed by atoms with Gasteiger partial charge in [0.25, 0.3) is 0 Å². The Morgan fingerprint density at radius 1 is 1.41 bits per heavy atom. The smallest absolute Gasteiger partial charge is 0.445 e. The Morgan fingerprint density at radius 3 is 2.71 bits per heavy atom. The van der Waals surface area contributed by atoms with Crippen molar-refractivity contribution in [2.75, 3.05) is 5.32 Å². The van der Waals surface area contributed by atoms with Gasteiger partial charge in [-0.25, -0.2) is 0 Å². The van der Waals surface area contributed by atoms with Crippen molar-refractivity contribution < 1.29 is 17.6 Å². The van der Waals surface area contributed by atoms with E-state index in [1.54, 1.807) is 19.1 Å². The van der Waals surface area contributed by atoms with Crippen LogP contribution in [0.5, 0.6) is 0 Å². The number of nitrogens with one attached hydrogen (secondary N) is 1. The van der Waals surface area contributed by atoms with Crippen LogP contribution in [0.2, 0.25) is 0 Å². The maximum absolute atomic E-state index is 12.3. The Bertz CT molecular complexity index is 480. The zero-order valence-corrected chi connectivity index (χ0v) is 9.47. The molecule has 2 aromatic rings. The molecule has 0 saturated carbocycles. The molecule has 2 aromatic heterocycles. The molecule has 0 aromatic carbocycles. The molecular formula is C9H8F3N3OS. The third kappa shape index (κ3) is 2.76. The van der Waals surface area contributed by atoms with Gasteiger partial charge in [-0.3, -0.25) is 0 Å². The Labute approximate surface area is 98.5 Å². The fourth-order valence-electron chi connectivity index (χ4n) is 1.19. The zero-order chi connectivity index (χ0) is 12.5. The van der Waals surface area contributed by atoms with Crippen molar-refractivity contribution in [2.45, 2.75) is 19.1 Å². The number of aromatic nitrogens is 2. The fourth-order valence-corrected chi connectivity index (χ4v) is 1.89. The van der Waals surface area contributed by atoms with Crippen molar-refractivity contribution in [1.29, 1.82) is 0 Å². The van der Waals surface area contributed by atoms with Crippen molar-refractivity contribution in [2.24, 2.45) is 0 Å². The minimum absolute atomic E-state index is 0.112. The lowest BCUT2D eigenvalue weighted by Gasteiger charge is -2.08. The SMILES string of the molecule is CC(Nc1nnc(C(F)(F)F)s1)c1ccco1. The number of halogens is 3. The standard InChI is InChI=1S/C9H8F3N3OS/c1-5(6-3-2-4-16-6)13-8-15-14-7(17-8)9(10,11)12/h2-5H,1H3,(H,13,15). The van der Waals surface area contributed by atoms with Crippen LogP contribution in [-0.4, -0.2) is 10.2 Å². The molecule has 1 N–H and O–H groups in total. The van der Waals surface area contributed by atoms with Gasteiger partial charge < -0.3 is 9.73 Å². The van der Waals surface area contributed by atoms with E-state index in [-0.39, 0.29) is 11.2 Å². The number of alkyl halides is 3. The molecule has 0 aliphatic carbocycles. The topological polar surface area (TPSA) is 51.0 Å². The Kier molecular flexibility index (Phi) is 3.05. The molecule has 0 radical (unpaired) electrons. The minimum atomic E-state index is -4.45. The van der Waals surface area contributed by atoms with Gasteiger partial charge in [0.05, 0.1) is 12.3 Å². The Hall–Kier alpha value is -1.57. The molecule has 17 heavy (non-hydrogen) atoms. The van der Waals surface area contributed by atoms with Gasteiger partial charge in [-0.15, -0.1) is 10.2 Å². The number of nitrogens with zero attached hydrogens (tertiary/aromatic N) is 2. The summed E-state index contributed by atoms with van der Waals surface area (Å²) < 4.78 is 41.9. The number of furan rings is 1. The fraction of sp³-hybridized carbons (Fsp3) is 0.333. The van der Waals surface area contributed by atoms with Gasteiger partial charge in [0.1, 0.15) is 5.76 Å². The summed E-state index contributed by atoms with van der Waals surface area (Å²) in [5.74, 6) is 0.619. The van der Waals surface area contributed by atoms with Crippen LogP contribution in [0.4, 0.5) is 18.3 Å². The predicted octanol–water partition coefficient (Wildman–Crippen LogP) is 3.32. The molecule has 0 spiro atoms. The van der Waals surface area contributed by atoms with Gasteiger partial charge >= 0.3 is 6.18 Å². The highest BCUT2D eigenvalue weighted by molar-refractivity contribution is 7.15. The van der Waals surface area contributed by atoms with Crippen LogP contribution in [0.3, 0.4) is 0 Å². The summed E-state index contributed by atoms with van der Waals surface area (Å²) in [4.78, 5) is 0. The van der Waals surface area contributed by atoms with Crippen LogP contribution in [0.15, 0.2) is 22.8 Å². The van der Waals surface area contributed by atoms with E-state index >= 15 is 0 Å². The third-order valence-corrected chi connectivity index (χ3v) is 2.88. The molecule has 0 fully saturated rings. The van der Waals surface area contributed by atoms with Crippen LogP contribution >= 0.6 is 11.3 Å². The first kappa shape index (κ1) is 11.9. The molecule has 0 aliphatic heterocycles. The number of rotatable bonds is 3. The minimum Gasteiger partial charge on any atom is -0.467 e. The van der Waals surface area contributed by atoms with Crippen LogP contribution in [0.25, 0.3) is 0 Å². The summed E-state index contributed by atoms with van der Waals surface area (Å²) in [7, 11) is 0. The molecule has 2 heterocycles. The van der Waals surface area contributed by atoms with Crippen molar-refractivity contribution >= 4 is 16.5 Å². The van der Waals surface area contributed by atoms with E-state index in [0.29, 0.717) is 17.1 Å². The van der Waals surface area contributed by atoms with Gasteiger partial charge in [0.15, 0.2) is 0 Å². The lowest BCUT2D eigenvalue weighted by molar-refractivity contribution is -0.138. The van der Waals surface area contributed by atoms with Crippen LogP contribution in [-0.2, 0) is 6.18 Å². The second-order valence-electron chi connectivity index (χ2n) is 3.29. The second-order valence-corrected chi connectivity index (χ2v) is 4.27. The Balaban J connectivity index is 2.07. The molecule has 0 amide bonds. The van der Waals surface area contributed by atoms with Crippen molar-refractivity contribution in [3.05, 3.63) is 29.2 Å². The summed E-state index contributed by atoms with van der Waals surface area (Å²) >= 11 is 0.465. The largest absolute Gasteiger partial charge is 0.467 e. The number of hydrogen-bond donors (Lipinski definition) is 1. The Morgan fingerprint density at radius 2 is 2.18 bits per heavy atom. The molecule has 1 unspecified atom stereocenters. The highest BCUT2D eigenvalue weighted by Gasteiger charge is 2.35. The van der Waals surface area contributed by atoms with Crippen LogP contribution in [0, 0.1) is 0 Å². The number of anilines is 1. The monoisotopic (exact) mass is 263 g/mol. The van der Waals surface area contributed by atoms with Gasteiger partial charge in [0.2, 0.25) is 10.1 Å². The van der Waals surface area contributed by atoms with E-state index in [4.69, 9.17) is 4.42 Å². The lowest BCUT2D eigenvalue weighted by atomic mass is 10.3. The quantitative estimate of drug-likeness (QED) is 0.922. The van der Waals surface area contributed by atoms with E-state index in [2.05, 4.69) is 15.5 Å². The first-order chi connectivity index (χ1) is 7.97. The van der Waals surface area contributed by atoms with E-state index in [1.807, 2.05) is 0 Å². The zero-order valence-electron chi connectivity index (χ0n) is 8.65. The molecule has 1 atom stereocenters. The molecule has 8 heteroatoms. The van der Waals surface area contributed by atoms with Gasteiger partial charge in [-0.2, -0.15) is 13.2 Å². The van der Waals surface area contributed by atoms with Gasteiger partial charge in [-0.1, -0.05) is 11.3 Å². The average Bonchev–Trinajstić information content (AvgIpc) is 2.85. The molecule has 2 rings (SSSR count). The molecule has 0 aliphatic rings. The maximum Gasteiger partial charge on any atom is 0.445 e. The molecular weight excluding hydrogens is 255 g/mol. The van der Waals surface area contributed by atoms with Crippen molar-refractivity contribution in [3.63, 3.8) is 0 Å². The lowest BCUT2D eigenvalue weighted by Crippen LogP contribution is -2.04. The first-order valence-corrected chi connectivity index (χ1v) is 5.49. The van der Waals surface area contributed by atoms with E-state index < -0.39 is 11.2 Å². The summed E-state index contributed by atoms with van der Waals surface area (Å²) in [6, 6.07) is 3.16. The average molecular weight is 263 g/mol. The summed E-state index contributed by atoms with van der Waals surface area (Å²) in [5, 5.41) is 8.43. The molecule has 0 saturated heterocycles. The highest BCUT2D eigenvalue weighted by atomic mass is 32.1. The van der Waals surface area contributed by atoms with Crippen molar-refractivity contribution in [3.8, 4) is 0 Å². The molecule has 92 valence electrons. The number of hydrogen-bond acceptors (Lipinski definition) is 5. The van der Waals surface area contributed by atoms with Crippen molar-refractivity contribution in [1.82, 2.24) is 10.2 Å². The molecule has 4 nitrogen and oxygen atoms in total. The van der Waals surface area contributed by atoms with Gasteiger partial charge in [0, 0.05) is 0 Å². The molecule has 0 bridgehead atoms. The second kappa shape index (κ2) is 4.36. The predicted molar refractivity (Wildman–Crippen MR) is 55.7 cm³/mol. The van der Waals surface area contributed by atoms with Crippen LogP contribution < -0.4 is 5.32 Å². The van der Waals surface area contributed by atoms with E-state index in [0.717, 1.165) is 0 Å². The first-order valence-electron chi connectivity index (χ1n) is 4.67. The van der Waals surface area contributed by atoms with E-state index in [1.165, 1.54) is 6.26 Å². The normalized spacial score (nSPS) is 13.6. The van der Waals surface area contributed by atoms with E-state index in [9.17, 15) is 13.2 Å². The summed E-state index contributed by atoms with van der Waals surface area (Å²) in [5.41, 5.74) is 0. The highest BCUT2D eigenvalue weighted by Crippen LogP contribution is 2.33.